The highest BCUT2D eigenvalue weighted by molar-refractivity contribution is 5.17. The fourth-order valence-corrected chi connectivity index (χ4v) is 5.01. The first-order chi connectivity index (χ1) is 20.3. The van der Waals surface area contributed by atoms with Gasteiger partial charge in [0.25, 0.3) is 0 Å². The van der Waals surface area contributed by atoms with Gasteiger partial charge in [0.05, 0.1) is 33.0 Å². The van der Waals surface area contributed by atoms with Crippen molar-refractivity contribution in [2.75, 3.05) is 6.61 Å². The van der Waals surface area contributed by atoms with E-state index in [4.69, 9.17) is 23.7 Å². The van der Waals surface area contributed by atoms with Crippen LogP contribution in [0.25, 0.3) is 0 Å². The largest absolute Gasteiger partial charge is 0.374 e. The number of hydrogen-bond donors (Lipinski definition) is 0. The molecule has 0 radical (unpaired) electrons. The second-order valence-corrected chi connectivity index (χ2v) is 10.2. The molecule has 1 fully saturated rings. The standard InChI is InChI=1S/C36H38O5/c1-2-32-34(38-24-29-17-9-4-10-18-29)36(40-26-31-21-13-6-14-22-31)35(39-25-30-19-11-5-12-20-30)33(41-32)27-37-23-28-15-7-3-8-16-28/h2-22,32-36H,1,23-27H2/t32-,33?,34?,35+,36+/m0/s1. The molecule has 41 heavy (non-hydrogen) atoms. The van der Waals surface area contributed by atoms with Gasteiger partial charge in [0.1, 0.15) is 30.5 Å². The van der Waals surface area contributed by atoms with E-state index >= 15 is 0 Å². The van der Waals surface area contributed by atoms with Gasteiger partial charge in [-0.15, -0.1) is 6.58 Å². The number of hydrogen-bond acceptors (Lipinski definition) is 5. The van der Waals surface area contributed by atoms with Crippen LogP contribution in [0.3, 0.4) is 0 Å². The molecule has 2 unspecified atom stereocenters. The van der Waals surface area contributed by atoms with Gasteiger partial charge in [-0.1, -0.05) is 127 Å². The molecule has 5 nitrogen and oxygen atoms in total. The summed E-state index contributed by atoms with van der Waals surface area (Å²) in [6.45, 7) is 6.16. The van der Waals surface area contributed by atoms with Gasteiger partial charge in [0.2, 0.25) is 0 Å². The maximum atomic E-state index is 6.66. The zero-order chi connectivity index (χ0) is 28.1. The first kappa shape index (κ1) is 28.9. The van der Waals surface area contributed by atoms with E-state index in [1.54, 1.807) is 6.08 Å². The lowest BCUT2D eigenvalue weighted by Gasteiger charge is -2.45. The van der Waals surface area contributed by atoms with Crippen molar-refractivity contribution < 1.29 is 23.7 Å². The van der Waals surface area contributed by atoms with Gasteiger partial charge in [-0.2, -0.15) is 0 Å². The molecular weight excluding hydrogens is 512 g/mol. The third-order valence-corrected chi connectivity index (χ3v) is 7.15. The summed E-state index contributed by atoms with van der Waals surface area (Å²) >= 11 is 0. The summed E-state index contributed by atoms with van der Waals surface area (Å²) in [4.78, 5) is 0. The molecule has 0 saturated carbocycles. The topological polar surface area (TPSA) is 46.2 Å². The van der Waals surface area contributed by atoms with Crippen LogP contribution < -0.4 is 0 Å². The summed E-state index contributed by atoms with van der Waals surface area (Å²) in [6, 6.07) is 40.5. The molecule has 0 aliphatic carbocycles. The van der Waals surface area contributed by atoms with Gasteiger partial charge >= 0.3 is 0 Å². The highest BCUT2D eigenvalue weighted by atomic mass is 16.6. The van der Waals surface area contributed by atoms with Crippen LogP contribution in [0.15, 0.2) is 134 Å². The molecule has 5 rings (SSSR count). The normalized spacial score (nSPS) is 22.3. The van der Waals surface area contributed by atoms with E-state index in [1.165, 1.54) is 0 Å². The lowest BCUT2D eigenvalue weighted by Crippen LogP contribution is -2.60. The molecule has 1 heterocycles. The molecule has 4 aromatic rings. The quantitative estimate of drug-likeness (QED) is 0.160. The average Bonchev–Trinajstić information content (AvgIpc) is 3.04. The second-order valence-electron chi connectivity index (χ2n) is 10.2. The second kappa shape index (κ2) is 15.4. The van der Waals surface area contributed by atoms with Crippen LogP contribution in [0.2, 0.25) is 0 Å². The Morgan fingerprint density at radius 3 is 1.34 bits per heavy atom. The van der Waals surface area contributed by atoms with Gasteiger partial charge in [-0.05, 0) is 22.3 Å². The summed E-state index contributed by atoms with van der Waals surface area (Å²) in [5, 5.41) is 0. The molecule has 0 spiro atoms. The SMILES string of the molecule is C=C[C@@H]1OC(COCc2ccccc2)[C@@H](OCc2ccccc2)[C@H](OCc2ccccc2)C1OCc1ccccc1. The van der Waals surface area contributed by atoms with Crippen molar-refractivity contribution >= 4 is 0 Å². The lowest BCUT2D eigenvalue weighted by molar-refractivity contribution is -0.263. The summed E-state index contributed by atoms with van der Waals surface area (Å²) in [5.74, 6) is 0. The number of rotatable bonds is 14. The molecule has 212 valence electrons. The molecule has 1 aliphatic rings. The number of ether oxygens (including phenoxy) is 5. The minimum absolute atomic E-state index is 0.343. The van der Waals surface area contributed by atoms with E-state index in [-0.39, 0.29) is 6.10 Å². The molecule has 4 aromatic carbocycles. The fourth-order valence-electron chi connectivity index (χ4n) is 5.01. The van der Waals surface area contributed by atoms with Crippen LogP contribution in [0.5, 0.6) is 0 Å². The van der Waals surface area contributed by atoms with Crippen molar-refractivity contribution in [3.63, 3.8) is 0 Å². The Morgan fingerprint density at radius 2 is 0.902 bits per heavy atom. The van der Waals surface area contributed by atoms with Gasteiger partial charge in [-0.3, -0.25) is 0 Å². The molecule has 5 heteroatoms. The van der Waals surface area contributed by atoms with Crippen LogP contribution in [0, 0.1) is 0 Å². The summed E-state index contributed by atoms with van der Waals surface area (Å²) in [6.07, 6.45) is -0.283. The van der Waals surface area contributed by atoms with Crippen molar-refractivity contribution in [2.45, 2.75) is 56.9 Å². The van der Waals surface area contributed by atoms with Crippen LogP contribution in [-0.2, 0) is 50.1 Å². The predicted molar refractivity (Wildman–Crippen MR) is 160 cm³/mol. The Labute approximate surface area is 243 Å². The van der Waals surface area contributed by atoms with E-state index in [2.05, 4.69) is 55.1 Å². The van der Waals surface area contributed by atoms with E-state index in [0.29, 0.717) is 33.0 Å². The molecule has 0 N–H and O–H groups in total. The third kappa shape index (κ3) is 8.46. The first-order valence-corrected chi connectivity index (χ1v) is 14.2. The monoisotopic (exact) mass is 550 g/mol. The maximum Gasteiger partial charge on any atom is 0.116 e. The zero-order valence-corrected chi connectivity index (χ0v) is 23.3. The molecule has 1 aliphatic heterocycles. The highest BCUT2D eigenvalue weighted by Crippen LogP contribution is 2.31. The van der Waals surface area contributed by atoms with Gasteiger partial charge < -0.3 is 23.7 Å². The molecule has 1 saturated heterocycles. The minimum Gasteiger partial charge on any atom is -0.374 e. The minimum atomic E-state index is -0.438. The molecule has 5 atom stereocenters. The fraction of sp³-hybridized carbons (Fsp3) is 0.278. The Balaban J connectivity index is 1.39. The molecule has 0 aromatic heterocycles. The van der Waals surface area contributed by atoms with E-state index < -0.39 is 24.4 Å². The molecular formula is C36H38O5. The Bertz CT molecular complexity index is 1280. The smallest absolute Gasteiger partial charge is 0.116 e. The predicted octanol–water partition coefficient (Wildman–Crippen LogP) is 6.91. The van der Waals surface area contributed by atoms with Crippen LogP contribution >= 0.6 is 0 Å². The van der Waals surface area contributed by atoms with Gasteiger partial charge in [-0.25, -0.2) is 0 Å². The first-order valence-electron chi connectivity index (χ1n) is 14.2. The van der Waals surface area contributed by atoms with Crippen molar-refractivity contribution in [1.82, 2.24) is 0 Å². The third-order valence-electron chi connectivity index (χ3n) is 7.15. The van der Waals surface area contributed by atoms with Gasteiger partial charge in [0, 0.05) is 0 Å². The van der Waals surface area contributed by atoms with Crippen LogP contribution in [0.1, 0.15) is 22.3 Å². The average molecular weight is 551 g/mol. The van der Waals surface area contributed by atoms with Crippen LogP contribution in [-0.4, -0.2) is 37.1 Å². The summed E-state index contributed by atoms with van der Waals surface area (Å²) < 4.78 is 32.6. The summed E-state index contributed by atoms with van der Waals surface area (Å²) in [7, 11) is 0. The number of benzene rings is 4. The Hall–Kier alpha value is -3.58. The van der Waals surface area contributed by atoms with E-state index in [0.717, 1.165) is 22.3 Å². The zero-order valence-electron chi connectivity index (χ0n) is 23.3. The van der Waals surface area contributed by atoms with Crippen molar-refractivity contribution in [3.8, 4) is 0 Å². The van der Waals surface area contributed by atoms with E-state index in [9.17, 15) is 0 Å². The molecule has 0 bridgehead atoms. The van der Waals surface area contributed by atoms with Crippen LogP contribution in [0.4, 0.5) is 0 Å². The Kier molecular flexibility index (Phi) is 10.9. The Morgan fingerprint density at radius 1 is 0.512 bits per heavy atom. The van der Waals surface area contributed by atoms with Crippen molar-refractivity contribution in [2.24, 2.45) is 0 Å². The van der Waals surface area contributed by atoms with E-state index in [1.807, 2.05) is 72.8 Å². The van der Waals surface area contributed by atoms with Gasteiger partial charge in [0.15, 0.2) is 0 Å². The lowest BCUT2D eigenvalue weighted by atomic mass is 9.94. The summed E-state index contributed by atoms with van der Waals surface area (Å²) in [5.41, 5.74) is 4.33. The highest BCUT2D eigenvalue weighted by Gasteiger charge is 2.47. The van der Waals surface area contributed by atoms with Crippen molar-refractivity contribution in [1.29, 1.82) is 0 Å². The van der Waals surface area contributed by atoms with Crippen molar-refractivity contribution in [3.05, 3.63) is 156 Å². The maximum absolute atomic E-state index is 6.66. The molecule has 0 amide bonds.